The Labute approximate surface area is 145 Å². The number of aryl methyl sites for hydroxylation is 2. The Morgan fingerprint density at radius 3 is 2.60 bits per heavy atom. The van der Waals surface area contributed by atoms with Gasteiger partial charge in [-0.2, -0.15) is 18.3 Å². The van der Waals surface area contributed by atoms with E-state index in [0.29, 0.717) is 4.88 Å². The second-order valence-electron chi connectivity index (χ2n) is 5.55. The molecule has 2 aromatic heterocycles. The van der Waals surface area contributed by atoms with Gasteiger partial charge in [0.1, 0.15) is 0 Å². The van der Waals surface area contributed by atoms with Gasteiger partial charge < -0.3 is 5.32 Å². The van der Waals surface area contributed by atoms with Crippen molar-refractivity contribution in [2.24, 2.45) is 7.05 Å². The molecule has 0 radical (unpaired) electrons. The van der Waals surface area contributed by atoms with Crippen molar-refractivity contribution in [2.45, 2.75) is 13.1 Å². The van der Waals surface area contributed by atoms with E-state index in [-0.39, 0.29) is 16.9 Å². The number of nitrogens with one attached hydrogen (secondary N) is 1. The Morgan fingerprint density at radius 2 is 1.96 bits per heavy atom. The maximum atomic E-state index is 13.3. The van der Waals surface area contributed by atoms with Crippen LogP contribution in [0.4, 0.5) is 19.0 Å². The Bertz CT molecular complexity index is 927. The summed E-state index contributed by atoms with van der Waals surface area (Å²) in [6.07, 6.45) is -3.04. The van der Waals surface area contributed by atoms with Crippen LogP contribution in [0.3, 0.4) is 0 Å². The molecule has 0 saturated carbocycles. The van der Waals surface area contributed by atoms with Crippen molar-refractivity contribution < 1.29 is 18.0 Å². The van der Waals surface area contributed by atoms with Gasteiger partial charge in [-0.05, 0) is 35.6 Å². The Kier molecular flexibility index (Phi) is 4.38. The normalized spacial score (nSPS) is 11.6. The standard InChI is InChI=1S/C17H14F3N3OS/c1-10-7-14(25-9-10)16(24)21-15-12(8-23(2)22-15)11-5-3-4-6-13(11)17(18,19)20/h3-9H,1-2H3,(H,21,22,24). The molecule has 0 aliphatic carbocycles. The van der Waals surface area contributed by atoms with Crippen molar-refractivity contribution in [2.75, 3.05) is 5.32 Å². The number of carbonyl (C=O) groups excluding carboxylic acids is 1. The van der Waals surface area contributed by atoms with Gasteiger partial charge in [0.05, 0.1) is 10.4 Å². The van der Waals surface area contributed by atoms with Gasteiger partial charge in [-0.1, -0.05) is 18.2 Å². The molecule has 4 nitrogen and oxygen atoms in total. The summed E-state index contributed by atoms with van der Waals surface area (Å²) in [7, 11) is 1.59. The largest absolute Gasteiger partial charge is 0.417 e. The molecule has 130 valence electrons. The van der Waals surface area contributed by atoms with E-state index in [0.717, 1.165) is 11.6 Å². The molecule has 0 fully saturated rings. The molecule has 3 rings (SSSR count). The number of nitrogens with zero attached hydrogens (tertiary/aromatic N) is 2. The average molecular weight is 365 g/mol. The van der Waals surface area contributed by atoms with Crippen LogP contribution < -0.4 is 5.32 Å². The summed E-state index contributed by atoms with van der Waals surface area (Å²) in [6, 6.07) is 6.94. The van der Waals surface area contributed by atoms with E-state index in [1.54, 1.807) is 13.1 Å². The molecule has 0 aliphatic heterocycles. The number of thiophene rings is 1. The lowest BCUT2D eigenvalue weighted by atomic mass is 10.0. The predicted octanol–water partition coefficient (Wildman–Crippen LogP) is 4.73. The molecule has 0 saturated heterocycles. The number of halogens is 3. The minimum atomic E-state index is -4.50. The minimum Gasteiger partial charge on any atom is -0.304 e. The number of hydrogen-bond donors (Lipinski definition) is 1. The van der Waals surface area contributed by atoms with Crippen molar-refractivity contribution in [1.29, 1.82) is 0 Å². The highest BCUT2D eigenvalue weighted by Gasteiger charge is 2.34. The van der Waals surface area contributed by atoms with Crippen LogP contribution in [0.2, 0.25) is 0 Å². The summed E-state index contributed by atoms with van der Waals surface area (Å²) in [5.41, 5.74) is 0.363. The molecule has 0 unspecified atom stereocenters. The summed E-state index contributed by atoms with van der Waals surface area (Å²) in [5, 5.41) is 8.54. The van der Waals surface area contributed by atoms with Crippen LogP contribution in [0.1, 0.15) is 20.8 Å². The number of anilines is 1. The lowest BCUT2D eigenvalue weighted by Gasteiger charge is -2.12. The molecule has 8 heteroatoms. The van der Waals surface area contributed by atoms with Crippen molar-refractivity contribution in [3.8, 4) is 11.1 Å². The van der Waals surface area contributed by atoms with Gasteiger partial charge in [0.25, 0.3) is 5.91 Å². The first-order valence-corrected chi connectivity index (χ1v) is 8.20. The Hall–Kier alpha value is -2.61. The van der Waals surface area contributed by atoms with Crippen LogP contribution in [0.25, 0.3) is 11.1 Å². The summed E-state index contributed by atoms with van der Waals surface area (Å²) in [6.45, 7) is 1.86. The van der Waals surface area contributed by atoms with Crippen molar-refractivity contribution in [3.63, 3.8) is 0 Å². The summed E-state index contributed by atoms with van der Waals surface area (Å²) < 4.78 is 41.2. The van der Waals surface area contributed by atoms with E-state index < -0.39 is 17.6 Å². The number of hydrogen-bond acceptors (Lipinski definition) is 3. The predicted molar refractivity (Wildman–Crippen MR) is 90.7 cm³/mol. The van der Waals surface area contributed by atoms with Crippen LogP contribution in [-0.2, 0) is 13.2 Å². The molecule has 1 amide bonds. The molecule has 0 atom stereocenters. The second-order valence-corrected chi connectivity index (χ2v) is 6.46. The number of aromatic nitrogens is 2. The zero-order chi connectivity index (χ0) is 18.2. The second kappa shape index (κ2) is 6.36. The Morgan fingerprint density at radius 1 is 1.24 bits per heavy atom. The highest BCUT2D eigenvalue weighted by atomic mass is 32.1. The lowest BCUT2D eigenvalue weighted by Crippen LogP contribution is -2.12. The topological polar surface area (TPSA) is 46.9 Å². The molecule has 1 aromatic carbocycles. The summed E-state index contributed by atoms with van der Waals surface area (Å²) in [4.78, 5) is 12.8. The van der Waals surface area contributed by atoms with Gasteiger partial charge >= 0.3 is 6.18 Å². The fourth-order valence-electron chi connectivity index (χ4n) is 2.46. The third kappa shape index (κ3) is 3.58. The fraction of sp³-hybridized carbons (Fsp3) is 0.176. The SMILES string of the molecule is Cc1csc(C(=O)Nc2nn(C)cc2-c2ccccc2C(F)(F)F)c1. The highest BCUT2D eigenvalue weighted by molar-refractivity contribution is 7.12. The number of benzene rings is 1. The van der Waals surface area contributed by atoms with Gasteiger partial charge in [-0.15, -0.1) is 11.3 Å². The number of carbonyl (C=O) groups is 1. The molecule has 25 heavy (non-hydrogen) atoms. The first-order chi connectivity index (χ1) is 11.8. The Balaban J connectivity index is 2.02. The quantitative estimate of drug-likeness (QED) is 0.729. The molecule has 0 spiro atoms. The lowest BCUT2D eigenvalue weighted by molar-refractivity contribution is -0.137. The van der Waals surface area contributed by atoms with Crippen molar-refractivity contribution in [1.82, 2.24) is 9.78 Å². The minimum absolute atomic E-state index is 0.0271. The van der Waals surface area contributed by atoms with Crippen LogP contribution in [-0.4, -0.2) is 15.7 Å². The first-order valence-electron chi connectivity index (χ1n) is 7.32. The van der Waals surface area contributed by atoms with E-state index in [1.165, 1.54) is 40.4 Å². The van der Waals surface area contributed by atoms with Gasteiger partial charge in [0.15, 0.2) is 5.82 Å². The zero-order valence-electron chi connectivity index (χ0n) is 13.4. The van der Waals surface area contributed by atoms with E-state index in [9.17, 15) is 18.0 Å². The third-order valence-corrected chi connectivity index (χ3v) is 4.58. The summed E-state index contributed by atoms with van der Waals surface area (Å²) >= 11 is 1.27. The van der Waals surface area contributed by atoms with E-state index in [1.807, 2.05) is 12.3 Å². The van der Waals surface area contributed by atoms with Crippen molar-refractivity contribution in [3.05, 3.63) is 57.9 Å². The maximum absolute atomic E-state index is 13.3. The number of amides is 1. The molecule has 3 aromatic rings. The molecular formula is C17H14F3N3OS. The van der Waals surface area contributed by atoms with E-state index >= 15 is 0 Å². The third-order valence-electron chi connectivity index (χ3n) is 3.54. The average Bonchev–Trinajstić information content (AvgIpc) is 3.12. The van der Waals surface area contributed by atoms with Crippen LogP contribution in [0, 0.1) is 6.92 Å². The number of alkyl halides is 3. The zero-order valence-corrected chi connectivity index (χ0v) is 14.2. The van der Waals surface area contributed by atoms with Crippen LogP contribution in [0.15, 0.2) is 41.9 Å². The van der Waals surface area contributed by atoms with Gasteiger partial charge in [-0.3, -0.25) is 9.48 Å². The van der Waals surface area contributed by atoms with Gasteiger partial charge in [0, 0.05) is 18.8 Å². The summed E-state index contributed by atoms with van der Waals surface area (Å²) in [5.74, 6) is -0.308. The molecular weight excluding hydrogens is 351 g/mol. The number of rotatable bonds is 3. The van der Waals surface area contributed by atoms with Gasteiger partial charge in [0.2, 0.25) is 0 Å². The smallest absolute Gasteiger partial charge is 0.304 e. The first kappa shape index (κ1) is 17.2. The monoisotopic (exact) mass is 365 g/mol. The fourth-order valence-corrected chi connectivity index (χ4v) is 3.26. The molecule has 0 aliphatic rings. The molecule has 2 heterocycles. The van der Waals surface area contributed by atoms with E-state index in [4.69, 9.17) is 0 Å². The van der Waals surface area contributed by atoms with Crippen molar-refractivity contribution >= 4 is 23.1 Å². The molecule has 1 N–H and O–H groups in total. The van der Waals surface area contributed by atoms with E-state index in [2.05, 4.69) is 10.4 Å². The molecule has 0 bridgehead atoms. The highest BCUT2D eigenvalue weighted by Crippen LogP contribution is 2.39. The maximum Gasteiger partial charge on any atom is 0.417 e. The van der Waals surface area contributed by atoms with Gasteiger partial charge in [-0.25, -0.2) is 0 Å². The van der Waals surface area contributed by atoms with Crippen LogP contribution in [0.5, 0.6) is 0 Å². The van der Waals surface area contributed by atoms with Crippen LogP contribution >= 0.6 is 11.3 Å².